The van der Waals surface area contributed by atoms with Crippen LogP contribution in [0.1, 0.15) is 38.9 Å². The van der Waals surface area contributed by atoms with Crippen molar-refractivity contribution in [3.8, 4) is 11.5 Å². The Kier molecular flexibility index (Phi) is 5.96. The van der Waals surface area contributed by atoms with Gasteiger partial charge < -0.3 is 14.4 Å². The molecule has 23 heavy (non-hydrogen) atoms. The quantitative estimate of drug-likeness (QED) is 0.881. The van der Waals surface area contributed by atoms with Crippen molar-refractivity contribution in [3.05, 3.63) is 54.1 Å². The van der Waals surface area contributed by atoms with Crippen molar-refractivity contribution in [1.29, 1.82) is 0 Å². The average molecular weight is 312 g/mol. The van der Waals surface area contributed by atoms with Crippen LogP contribution in [0.5, 0.6) is 11.5 Å². The van der Waals surface area contributed by atoms with Crippen LogP contribution in [0.3, 0.4) is 0 Å². The second-order valence-electron chi connectivity index (χ2n) is 5.09. The van der Waals surface area contributed by atoms with Gasteiger partial charge in [0.1, 0.15) is 17.3 Å². The Labute approximate surface area is 137 Å². The van der Waals surface area contributed by atoms with Crippen molar-refractivity contribution < 1.29 is 19.2 Å². The van der Waals surface area contributed by atoms with Gasteiger partial charge in [-0.1, -0.05) is 38.1 Å². The fourth-order valence-corrected chi connectivity index (χ4v) is 2.47. The number of para-hydroxylation sites is 1. The minimum atomic E-state index is -1.01. The maximum atomic E-state index is 11.2. The van der Waals surface area contributed by atoms with Gasteiger partial charge in [0, 0.05) is 6.42 Å². The highest BCUT2D eigenvalue weighted by Crippen LogP contribution is 2.30. The molecule has 0 radical (unpaired) electrons. The van der Waals surface area contributed by atoms with Crippen LogP contribution >= 0.6 is 0 Å². The summed E-state index contributed by atoms with van der Waals surface area (Å²) in [5.41, 5.74) is 1.51. The third-order valence-corrected chi connectivity index (χ3v) is 3.42. The van der Waals surface area contributed by atoms with E-state index in [0.29, 0.717) is 11.2 Å². The molecule has 1 aliphatic heterocycles. The molecule has 1 atom stereocenters. The fourth-order valence-electron chi connectivity index (χ4n) is 2.47. The summed E-state index contributed by atoms with van der Waals surface area (Å²) in [6.45, 7) is 5.51. The summed E-state index contributed by atoms with van der Waals surface area (Å²) in [7, 11) is -1.01. The van der Waals surface area contributed by atoms with Gasteiger partial charge in [0.05, 0.1) is 6.10 Å². The number of rotatable bonds is 4. The van der Waals surface area contributed by atoms with Gasteiger partial charge in [0.2, 0.25) is 0 Å². The smallest absolute Gasteiger partial charge is 0.457 e. The van der Waals surface area contributed by atoms with E-state index in [1.165, 1.54) is 6.92 Å². The molecule has 0 amide bonds. The molecule has 4 nitrogen and oxygen atoms in total. The van der Waals surface area contributed by atoms with E-state index in [-0.39, 0.29) is 18.3 Å². The molecule has 3 rings (SSSR count). The first kappa shape index (κ1) is 17.3. The lowest BCUT2D eigenvalue weighted by atomic mass is 9.79. The minimum Gasteiger partial charge on any atom is -0.457 e. The Hall–Kier alpha value is -2.11. The molecule has 1 heterocycles. The van der Waals surface area contributed by atoms with Crippen molar-refractivity contribution in [2.45, 2.75) is 33.3 Å². The normalized spacial score (nSPS) is 15.5. The molecular weight excluding hydrogens is 291 g/mol. The second kappa shape index (κ2) is 7.95. The number of fused-ring (bicyclic) bond motifs is 1. The van der Waals surface area contributed by atoms with Crippen LogP contribution in [0, 0.1) is 0 Å². The minimum absolute atomic E-state index is 0.0321. The number of ketones is 1. The standard InChI is InChI=1S/C16H15BO4.C2H6/c1-11(18)9-16-14-8-7-13(10-15(14)17(19)21-16)20-12-5-3-2-4-6-12;1-2/h2-8,10,16,19H,9H2,1H3;1-2H3/t16-;/m1./s1. The molecule has 5 heteroatoms. The van der Waals surface area contributed by atoms with E-state index in [1.807, 2.05) is 56.3 Å². The number of hydrogen-bond acceptors (Lipinski definition) is 4. The molecule has 120 valence electrons. The van der Waals surface area contributed by atoms with Crippen molar-refractivity contribution in [2.24, 2.45) is 0 Å². The fraction of sp³-hybridized carbons (Fsp3) is 0.278. The number of carbonyl (C=O) groups is 1. The monoisotopic (exact) mass is 312 g/mol. The van der Waals surface area contributed by atoms with E-state index >= 15 is 0 Å². The van der Waals surface area contributed by atoms with E-state index in [1.54, 1.807) is 6.07 Å². The first-order chi connectivity index (χ1) is 11.1. The van der Waals surface area contributed by atoms with Gasteiger partial charge in [-0.3, -0.25) is 4.79 Å². The molecule has 2 aromatic carbocycles. The summed E-state index contributed by atoms with van der Waals surface area (Å²) in [5, 5.41) is 9.97. The lowest BCUT2D eigenvalue weighted by Gasteiger charge is -2.10. The van der Waals surface area contributed by atoms with Crippen LogP contribution in [-0.4, -0.2) is 17.9 Å². The lowest BCUT2D eigenvalue weighted by Crippen LogP contribution is -2.27. The molecule has 0 fully saturated rings. The van der Waals surface area contributed by atoms with Crippen LogP contribution in [0.2, 0.25) is 0 Å². The Morgan fingerprint density at radius 1 is 1.17 bits per heavy atom. The lowest BCUT2D eigenvalue weighted by molar-refractivity contribution is -0.118. The molecular formula is C18H21BO4. The van der Waals surface area contributed by atoms with Crippen LogP contribution in [-0.2, 0) is 9.45 Å². The zero-order chi connectivity index (χ0) is 16.8. The van der Waals surface area contributed by atoms with Crippen LogP contribution < -0.4 is 10.2 Å². The van der Waals surface area contributed by atoms with Gasteiger partial charge in [-0.2, -0.15) is 0 Å². The third-order valence-electron chi connectivity index (χ3n) is 3.42. The largest absolute Gasteiger partial charge is 0.492 e. The highest BCUT2D eigenvalue weighted by Gasteiger charge is 2.35. The summed E-state index contributed by atoms with van der Waals surface area (Å²) in [4.78, 5) is 11.2. The molecule has 2 aromatic rings. The maximum Gasteiger partial charge on any atom is 0.492 e. The molecule has 0 aliphatic carbocycles. The van der Waals surface area contributed by atoms with Crippen molar-refractivity contribution >= 4 is 18.4 Å². The van der Waals surface area contributed by atoms with E-state index in [9.17, 15) is 9.82 Å². The summed E-state index contributed by atoms with van der Waals surface area (Å²) in [6, 6.07) is 14.8. The molecule has 0 saturated carbocycles. The Morgan fingerprint density at radius 2 is 1.87 bits per heavy atom. The van der Waals surface area contributed by atoms with Gasteiger partial charge in [0.25, 0.3) is 0 Å². The molecule has 1 N–H and O–H groups in total. The summed E-state index contributed by atoms with van der Waals surface area (Å²) >= 11 is 0. The number of benzene rings is 2. The predicted octanol–water partition coefficient (Wildman–Crippen LogP) is 3.24. The topological polar surface area (TPSA) is 55.8 Å². The number of carbonyl (C=O) groups excluding carboxylic acids is 1. The Morgan fingerprint density at radius 3 is 2.52 bits per heavy atom. The summed E-state index contributed by atoms with van der Waals surface area (Å²) in [6.07, 6.45) is -0.110. The first-order valence-corrected chi connectivity index (χ1v) is 7.83. The molecule has 0 spiro atoms. The van der Waals surface area contributed by atoms with Gasteiger partial charge in [-0.15, -0.1) is 0 Å². The van der Waals surface area contributed by atoms with Gasteiger partial charge >= 0.3 is 7.12 Å². The molecule has 0 aromatic heterocycles. The number of Topliss-reactive ketones (excluding diaryl/α,β-unsaturated/α-hetero) is 1. The highest BCUT2D eigenvalue weighted by atomic mass is 16.5. The van der Waals surface area contributed by atoms with E-state index in [4.69, 9.17) is 9.39 Å². The highest BCUT2D eigenvalue weighted by molar-refractivity contribution is 6.61. The Bertz CT molecular complexity index is 657. The first-order valence-electron chi connectivity index (χ1n) is 7.83. The number of ether oxygens (including phenoxy) is 1. The van der Waals surface area contributed by atoms with E-state index in [2.05, 4.69) is 0 Å². The third kappa shape index (κ3) is 4.21. The van der Waals surface area contributed by atoms with Gasteiger partial charge in [-0.25, -0.2) is 0 Å². The van der Waals surface area contributed by atoms with Crippen LogP contribution in [0.15, 0.2) is 48.5 Å². The molecule has 0 unspecified atom stereocenters. The maximum absolute atomic E-state index is 11.2. The van der Waals surface area contributed by atoms with E-state index in [0.717, 1.165) is 11.3 Å². The average Bonchev–Trinajstić information content (AvgIpc) is 2.85. The summed E-state index contributed by atoms with van der Waals surface area (Å²) in [5.74, 6) is 1.39. The molecule has 0 bridgehead atoms. The van der Waals surface area contributed by atoms with Crippen LogP contribution in [0.25, 0.3) is 0 Å². The van der Waals surface area contributed by atoms with Crippen molar-refractivity contribution in [1.82, 2.24) is 0 Å². The zero-order valence-electron chi connectivity index (χ0n) is 13.7. The van der Waals surface area contributed by atoms with Gasteiger partial charge in [0.15, 0.2) is 0 Å². The predicted molar refractivity (Wildman–Crippen MR) is 91.0 cm³/mol. The SMILES string of the molecule is CC.CC(=O)C[C@H]1OB(O)c2cc(Oc3ccccc3)ccc21. The molecule has 1 aliphatic rings. The van der Waals surface area contributed by atoms with E-state index < -0.39 is 7.12 Å². The Balaban J connectivity index is 0.000000924. The zero-order valence-corrected chi connectivity index (χ0v) is 13.7. The molecule has 0 saturated heterocycles. The number of hydrogen-bond donors (Lipinski definition) is 1. The second-order valence-corrected chi connectivity index (χ2v) is 5.09. The van der Waals surface area contributed by atoms with Crippen molar-refractivity contribution in [3.63, 3.8) is 0 Å². The summed E-state index contributed by atoms with van der Waals surface area (Å²) < 4.78 is 11.2. The van der Waals surface area contributed by atoms with Crippen molar-refractivity contribution in [2.75, 3.05) is 0 Å². The van der Waals surface area contributed by atoms with Gasteiger partial charge in [-0.05, 0) is 42.2 Å². The van der Waals surface area contributed by atoms with Crippen LogP contribution in [0.4, 0.5) is 0 Å².